The maximum absolute atomic E-state index is 2.34. The van der Waals surface area contributed by atoms with E-state index in [1.54, 1.807) is 5.30 Å². The minimum atomic E-state index is 0.873. The van der Waals surface area contributed by atoms with Crippen LogP contribution in [0.25, 0.3) is 10.8 Å². The van der Waals surface area contributed by atoms with Crippen molar-refractivity contribution >= 4 is 24.7 Å². The largest absolute Gasteiger partial charge is 0.0865 e. The van der Waals surface area contributed by atoms with Crippen molar-refractivity contribution in [3.63, 3.8) is 0 Å². The van der Waals surface area contributed by atoms with Gasteiger partial charge in [-0.05, 0) is 34.6 Å². The van der Waals surface area contributed by atoms with Crippen molar-refractivity contribution in [1.82, 2.24) is 0 Å². The Bertz CT molecular complexity index is 499. The van der Waals surface area contributed by atoms with E-state index in [1.165, 1.54) is 42.9 Å². The first-order valence-electron chi connectivity index (χ1n) is 7.59. The molecule has 0 radical (unpaired) electrons. The van der Waals surface area contributed by atoms with Crippen LogP contribution in [0.4, 0.5) is 0 Å². The van der Waals surface area contributed by atoms with Crippen LogP contribution in [0.2, 0.25) is 0 Å². The predicted molar refractivity (Wildman–Crippen MR) is 90.1 cm³/mol. The van der Waals surface area contributed by atoms with Gasteiger partial charge >= 0.3 is 0 Å². The molecule has 0 heterocycles. The van der Waals surface area contributed by atoms with Gasteiger partial charge < -0.3 is 0 Å². The zero-order valence-corrected chi connectivity index (χ0v) is 13.2. The van der Waals surface area contributed by atoms with Gasteiger partial charge in [-0.3, -0.25) is 0 Å². The van der Waals surface area contributed by atoms with Gasteiger partial charge in [0, 0.05) is 0 Å². The molecule has 0 amide bonds. The summed E-state index contributed by atoms with van der Waals surface area (Å²) in [5.41, 5.74) is 0.873. The van der Waals surface area contributed by atoms with Crippen LogP contribution in [0.15, 0.2) is 42.5 Å². The van der Waals surface area contributed by atoms with E-state index in [0.717, 1.165) is 14.2 Å². The van der Waals surface area contributed by atoms with Gasteiger partial charge in [-0.15, -0.1) is 0 Å². The molecule has 0 aliphatic rings. The van der Waals surface area contributed by atoms with Gasteiger partial charge in [-0.25, -0.2) is 0 Å². The van der Waals surface area contributed by atoms with Crippen LogP contribution in [0.5, 0.6) is 0 Å². The molecular weight excluding hydrogens is 247 g/mol. The molecule has 2 aromatic carbocycles. The second-order valence-corrected chi connectivity index (χ2v) is 6.92. The van der Waals surface area contributed by atoms with E-state index < -0.39 is 0 Å². The fourth-order valence-corrected chi connectivity index (χ4v) is 4.16. The van der Waals surface area contributed by atoms with Crippen LogP contribution < -0.4 is 5.30 Å². The highest BCUT2D eigenvalue weighted by Gasteiger charge is 2.09. The van der Waals surface area contributed by atoms with Crippen LogP contribution in [0, 0.1) is 0 Å². The lowest BCUT2D eigenvalue weighted by molar-refractivity contribution is 0.634. The minimum absolute atomic E-state index is 0.873. The lowest BCUT2D eigenvalue weighted by Crippen LogP contribution is -2.06. The standard InChI is InChI=1S/C18H25P/c1-3-5-6-12-16(4-2)19-18-14-9-11-15-10-7-8-13-17(15)18/h7-11,13-14,16,19H,3-6,12H2,1-2H3. The summed E-state index contributed by atoms with van der Waals surface area (Å²) in [5, 5.41) is 4.40. The Hall–Kier alpha value is -0.870. The molecule has 0 aliphatic carbocycles. The molecule has 2 unspecified atom stereocenters. The van der Waals surface area contributed by atoms with E-state index in [-0.39, 0.29) is 0 Å². The molecule has 2 aromatic rings. The van der Waals surface area contributed by atoms with E-state index in [1.807, 2.05) is 0 Å². The molecule has 0 saturated carbocycles. The van der Waals surface area contributed by atoms with Gasteiger partial charge in [-0.2, -0.15) is 0 Å². The molecule has 2 atom stereocenters. The van der Waals surface area contributed by atoms with Crippen molar-refractivity contribution in [1.29, 1.82) is 0 Å². The van der Waals surface area contributed by atoms with Gasteiger partial charge in [0.1, 0.15) is 0 Å². The van der Waals surface area contributed by atoms with E-state index in [9.17, 15) is 0 Å². The molecule has 19 heavy (non-hydrogen) atoms. The Morgan fingerprint density at radius 2 is 1.74 bits per heavy atom. The van der Waals surface area contributed by atoms with E-state index in [2.05, 4.69) is 56.3 Å². The number of hydrogen-bond acceptors (Lipinski definition) is 0. The quantitative estimate of drug-likeness (QED) is 0.461. The van der Waals surface area contributed by atoms with Crippen LogP contribution in [0.1, 0.15) is 46.0 Å². The summed E-state index contributed by atoms with van der Waals surface area (Å²) in [7, 11) is 0.961. The average molecular weight is 272 g/mol. The number of rotatable bonds is 7. The van der Waals surface area contributed by atoms with Crippen LogP contribution >= 0.6 is 8.58 Å². The zero-order chi connectivity index (χ0) is 13.5. The van der Waals surface area contributed by atoms with Crippen LogP contribution in [-0.2, 0) is 0 Å². The van der Waals surface area contributed by atoms with E-state index in [0.29, 0.717) is 0 Å². The molecule has 0 bridgehead atoms. The normalized spacial score (nSPS) is 13.4. The lowest BCUT2D eigenvalue weighted by atomic mass is 10.1. The third-order valence-electron chi connectivity index (χ3n) is 3.80. The van der Waals surface area contributed by atoms with Crippen LogP contribution in [0.3, 0.4) is 0 Å². The van der Waals surface area contributed by atoms with Crippen molar-refractivity contribution in [3.05, 3.63) is 42.5 Å². The summed E-state index contributed by atoms with van der Waals surface area (Å²) in [6.07, 6.45) is 6.81. The first-order valence-corrected chi connectivity index (χ1v) is 8.67. The maximum atomic E-state index is 2.34. The summed E-state index contributed by atoms with van der Waals surface area (Å²) in [5.74, 6) is 0. The van der Waals surface area contributed by atoms with Crippen molar-refractivity contribution < 1.29 is 0 Å². The molecule has 0 fully saturated rings. The summed E-state index contributed by atoms with van der Waals surface area (Å²) < 4.78 is 0. The Morgan fingerprint density at radius 3 is 2.53 bits per heavy atom. The third-order valence-corrected chi connectivity index (χ3v) is 5.65. The van der Waals surface area contributed by atoms with Gasteiger partial charge in [-0.1, -0.05) is 84.2 Å². The van der Waals surface area contributed by atoms with Crippen molar-refractivity contribution in [3.8, 4) is 0 Å². The van der Waals surface area contributed by atoms with Gasteiger partial charge in [0.05, 0.1) is 0 Å². The number of fused-ring (bicyclic) bond motifs is 1. The van der Waals surface area contributed by atoms with Gasteiger partial charge in [0.2, 0.25) is 0 Å². The molecule has 102 valence electrons. The molecule has 0 nitrogen and oxygen atoms in total. The molecule has 0 saturated heterocycles. The Labute approximate surface area is 119 Å². The fraction of sp³-hybridized carbons (Fsp3) is 0.444. The average Bonchev–Trinajstić information content (AvgIpc) is 2.46. The lowest BCUT2D eigenvalue weighted by Gasteiger charge is -2.16. The SMILES string of the molecule is CCCCCC(CC)Pc1cccc2ccccc12. The monoisotopic (exact) mass is 272 g/mol. The summed E-state index contributed by atoms with van der Waals surface area (Å²) >= 11 is 0. The molecule has 0 spiro atoms. The first kappa shape index (κ1) is 14.5. The van der Waals surface area contributed by atoms with E-state index in [4.69, 9.17) is 0 Å². The van der Waals surface area contributed by atoms with Crippen molar-refractivity contribution in [2.45, 2.75) is 51.6 Å². The number of unbranched alkanes of at least 4 members (excludes halogenated alkanes) is 2. The number of hydrogen-bond donors (Lipinski definition) is 0. The highest BCUT2D eigenvalue weighted by molar-refractivity contribution is 7.48. The van der Waals surface area contributed by atoms with E-state index >= 15 is 0 Å². The van der Waals surface area contributed by atoms with Gasteiger partial charge in [0.25, 0.3) is 0 Å². The molecule has 0 aliphatic heterocycles. The highest BCUT2D eigenvalue weighted by Crippen LogP contribution is 2.29. The fourth-order valence-electron chi connectivity index (χ4n) is 2.59. The summed E-state index contributed by atoms with van der Waals surface area (Å²) in [6.45, 7) is 4.63. The smallest absolute Gasteiger partial charge is 0.0110 e. The predicted octanol–water partition coefficient (Wildman–Crippen LogP) is 5.50. The maximum Gasteiger partial charge on any atom is -0.0110 e. The molecule has 0 N–H and O–H groups in total. The summed E-state index contributed by atoms with van der Waals surface area (Å²) in [6, 6.07) is 15.5. The summed E-state index contributed by atoms with van der Waals surface area (Å²) in [4.78, 5) is 0. The number of benzene rings is 2. The Kier molecular flexibility index (Phi) is 5.86. The van der Waals surface area contributed by atoms with Crippen LogP contribution in [-0.4, -0.2) is 5.66 Å². The topological polar surface area (TPSA) is 0 Å². The second-order valence-electron chi connectivity index (χ2n) is 5.27. The molecule has 0 aromatic heterocycles. The second kappa shape index (κ2) is 7.65. The Morgan fingerprint density at radius 1 is 0.947 bits per heavy atom. The first-order chi connectivity index (χ1) is 9.35. The Balaban J connectivity index is 2.10. The zero-order valence-electron chi connectivity index (χ0n) is 12.2. The minimum Gasteiger partial charge on any atom is -0.0865 e. The van der Waals surface area contributed by atoms with Crippen molar-refractivity contribution in [2.24, 2.45) is 0 Å². The van der Waals surface area contributed by atoms with Gasteiger partial charge in [0.15, 0.2) is 0 Å². The molecule has 1 heteroatoms. The van der Waals surface area contributed by atoms with Crippen molar-refractivity contribution in [2.75, 3.05) is 0 Å². The highest BCUT2D eigenvalue weighted by atomic mass is 31.1. The third kappa shape index (κ3) is 4.05. The molecular formula is C18H25P. The molecule has 2 rings (SSSR count).